The van der Waals surface area contributed by atoms with Crippen LogP contribution in [0.1, 0.15) is 18.4 Å². The van der Waals surface area contributed by atoms with Gasteiger partial charge in [-0.05, 0) is 78.0 Å². The summed E-state index contributed by atoms with van der Waals surface area (Å²) in [6.07, 6.45) is 2.32. The first-order valence-corrected chi connectivity index (χ1v) is 11.6. The van der Waals surface area contributed by atoms with Crippen molar-refractivity contribution in [2.24, 2.45) is 0 Å². The Morgan fingerprint density at radius 1 is 0.933 bits per heavy atom. The number of aromatic nitrogens is 1. The number of hydrogen-bond acceptors (Lipinski definition) is 4. The van der Waals surface area contributed by atoms with Gasteiger partial charge in [-0.2, -0.15) is 0 Å². The van der Waals surface area contributed by atoms with Crippen LogP contribution in [0, 0.1) is 0 Å². The van der Waals surface area contributed by atoms with Crippen LogP contribution in [0.5, 0.6) is 0 Å². The van der Waals surface area contributed by atoms with Crippen molar-refractivity contribution in [3.05, 3.63) is 82.0 Å². The molecule has 5 rings (SSSR count). The highest BCUT2D eigenvalue weighted by molar-refractivity contribution is 7.17. The van der Waals surface area contributed by atoms with Crippen molar-refractivity contribution < 1.29 is 0 Å². The molecule has 0 atom stereocenters. The molecule has 1 aliphatic rings. The molecule has 2 aromatic carbocycles. The van der Waals surface area contributed by atoms with Crippen LogP contribution < -0.4 is 10.9 Å². The van der Waals surface area contributed by atoms with Gasteiger partial charge in [0.05, 0.1) is 5.52 Å². The molecule has 1 aliphatic heterocycles. The lowest BCUT2D eigenvalue weighted by Crippen LogP contribution is -2.43. The Kier molecular flexibility index (Phi) is 5.67. The Morgan fingerprint density at radius 3 is 2.70 bits per heavy atom. The number of fused-ring (bicyclic) bond motifs is 2. The highest BCUT2D eigenvalue weighted by atomic mass is 32.1. The molecular formula is C25H27N3OS. The van der Waals surface area contributed by atoms with Gasteiger partial charge in [0.25, 0.3) is 5.56 Å². The molecule has 2 aromatic heterocycles. The predicted octanol–water partition coefficient (Wildman–Crippen LogP) is 4.47. The molecule has 0 amide bonds. The van der Waals surface area contributed by atoms with Crippen molar-refractivity contribution in [2.45, 2.75) is 32.0 Å². The molecule has 0 radical (unpaired) electrons. The van der Waals surface area contributed by atoms with Crippen molar-refractivity contribution in [3.63, 3.8) is 0 Å². The molecule has 154 valence electrons. The van der Waals surface area contributed by atoms with Crippen molar-refractivity contribution >= 4 is 32.3 Å². The molecule has 1 saturated heterocycles. The van der Waals surface area contributed by atoms with Gasteiger partial charge < -0.3 is 14.8 Å². The summed E-state index contributed by atoms with van der Waals surface area (Å²) in [6, 6.07) is 21.3. The summed E-state index contributed by atoms with van der Waals surface area (Å²) in [7, 11) is 0. The van der Waals surface area contributed by atoms with E-state index in [1.807, 2.05) is 28.8 Å². The van der Waals surface area contributed by atoms with Gasteiger partial charge in [0.15, 0.2) is 0 Å². The maximum atomic E-state index is 12.4. The summed E-state index contributed by atoms with van der Waals surface area (Å²) in [5.74, 6) is 0. The van der Waals surface area contributed by atoms with Crippen LogP contribution in [0.3, 0.4) is 0 Å². The lowest BCUT2D eigenvalue weighted by Gasteiger charge is -2.32. The average Bonchev–Trinajstić information content (AvgIpc) is 3.26. The number of hydrogen-bond donors (Lipinski definition) is 1. The molecule has 0 unspecified atom stereocenters. The summed E-state index contributed by atoms with van der Waals surface area (Å²) >= 11 is 1.80. The number of likely N-dealkylation sites (tertiary alicyclic amines) is 1. The third-order valence-electron chi connectivity index (χ3n) is 6.24. The van der Waals surface area contributed by atoms with Gasteiger partial charge in [-0.3, -0.25) is 4.79 Å². The monoisotopic (exact) mass is 417 g/mol. The molecular weight excluding hydrogens is 390 g/mol. The van der Waals surface area contributed by atoms with Crippen molar-refractivity contribution in [1.82, 2.24) is 14.8 Å². The minimum atomic E-state index is 0.0906. The van der Waals surface area contributed by atoms with Gasteiger partial charge >= 0.3 is 0 Å². The van der Waals surface area contributed by atoms with Crippen LogP contribution in [0.25, 0.3) is 21.0 Å². The van der Waals surface area contributed by atoms with E-state index in [9.17, 15) is 4.79 Å². The average molecular weight is 418 g/mol. The Labute approximate surface area is 180 Å². The number of pyridine rings is 1. The summed E-state index contributed by atoms with van der Waals surface area (Å²) in [4.78, 5) is 14.9. The van der Waals surface area contributed by atoms with E-state index in [0.29, 0.717) is 6.04 Å². The molecule has 4 aromatic rings. The SMILES string of the molecule is O=c1ccc2ccccc2n1CCN1CCC(NCc2ccc3sccc3c2)CC1. The second-order valence-corrected chi connectivity index (χ2v) is 9.12. The second kappa shape index (κ2) is 8.72. The minimum absolute atomic E-state index is 0.0906. The standard InChI is InChI=1S/C25H27N3OS/c29-25-8-6-20-3-1-2-4-23(20)28(25)15-14-27-12-9-22(10-13-27)26-18-19-5-7-24-21(17-19)11-16-30-24/h1-8,11,16-17,22,26H,9-10,12-15,18H2. The summed E-state index contributed by atoms with van der Waals surface area (Å²) in [5, 5.41) is 8.37. The third-order valence-corrected chi connectivity index (χ3v) is 7.14. The molecule has 1 fully saturated rings. The van der Waals surface area contributed by atoms with E-state index in [4.69, 9.17) is 0 Å². The van der Waals surface area contributed by atoms with E-state index in [0.717, 1.165) is 56.5 Å². The normalized spacial score (nSPS) is 15.9. The van der Waals surface area contributed by atoms with Crippen LogP contribution in [-0.2, 0) is 13.1 Å². The smallest absolute Gasteiger partial charge is 0.251 e. The quantitative estimate of drug-likeness (QED) is 0.503. The Morgan fingerprint density at radius 2 is 1.80 bits per heavy atom. The second-order valence-electron chi connectivity index (χ2n) is 8.17. The molecule has 0 aliphatic carbocycles. The molecule has 0 saturated carbocycles. The highest BCUT2D eigenvalue weighted by Gasteiger charge is 2.19. The fraction of sp³-hybridized carbons (Fsp3) is 0.320. The molecule has 3 heterocycles. The van der Waals surface area contributed by atoms with Crippen LogP contribution >= 0.6 is 11.3 Å². The van der Waals surface area contributed by atoms with E-state index in [1.54, 1.807) is 17.4 Å². The molecule has 4 nitrogen and oxygen atoms in total. The predicted molar refractivity (Wildman–Crippen MR) is 126 cm³/mol. The van der Waals surface area contributed by atoms with E-state index in [1.165, 1.54) is 15.6 Å². The van der Waals surface area contributed by atoms with Crippen LogP contribution in [0.4, 0.5) is 0 Å². The van der Waals surface area contributed by atoms with Gasteiger partial charge in [0, 0.05) is 36.4 Å². The fourth-order valence-electron chi connectivity index (χ4n) is 4.47. The molecule has 30 heavy (non-hydrogen) atoms. The largest absolute Gasteiger partial charge is 0.310 e. The summed E-state index contributed by atoms with van der Waals surface area (Å²) in [6.45, 7) is 4.78. The third kappa shape index (κ3) is 4.19. The number of thiophene rings is 1. The number of nitrogens with zero attached hydrogens (tertiary/aromatic N) is 2. The van der Waals surface area contributed by atoms with Gasteiger partial charge in [-0.15, -0.1) is 11.3 Å². The van der Waals surface area contributed by atoms with Crippen LogP contribution in [-0.4, -0.2) is 35.1 Å². The van der Waals surface area contributed by atoms with E-state index in [-0.39, 0.29) is 5.56 Å². The highest BCUT2D eigenvalue weighted by Crippen LogP contribution is 2.22. The number of nitrogens with one attached hydrogen (secondary N) is 1. The first-order chi connectivity index (χ1) is 14.8. The first kappa shape index (κ1) is 19.5. The maximum absolute atomic E-state index is 12.4. The van der Waals surface area contributed by atoms with E-state index < -0.39 is 0 Å². The zero-order valence-corrected chi connectivity index (χ0v) is 17.9. The zero-order valence-electron chi connectivity index (χ0n) is 17.1. The molecule has 0 bridgehead atoms. The topological polar surface area (TPSA) is 37.3 Å². The van der Waals surface area contributed by atoms with E-state index >= 15 is 0 Å². The molecule has 5 heteroatoms. The van der Waals surface area contributed by atoms with Crippen molar-refractivity contribution in [1.29, 1.82) is 0 Å². The zero-order chi connectivity index (χ0) is 20.3. The summed E-state index contributed by atoms with van der Waals surface area (Å²) < 4.78 is 3.28. The molecule has 0 spiro atoms. The number of piperidine rings is 1. The number of benzene rings is 2. The number of para-hydroxylation sites is 1. The first-order valence-electron chi connectivity index (χ1n) is 10.8. The Balaban J connectivity index is 1.13. The van der Waals surface area contributed by atoms with Gasteiger partial charge in [0.1, 0.15) is 0 Å². The minimum Gasteiger partial charge on any atom is -0.310 e. The van der Waals surface area contributed by atoms with Gasteiger partial charge in [0.2, 0.25) is 0 Å². The van der Waals surface area contributed by atoms with Crippen LogP contribution in [0.2, 0.25) is 0 Å². The lowest BCUT2D eigenvalue weighted by atomic mass is 10.0. The van der Waals surface area contributed by atoms with E-state index in [2.05, 4.69) is 45.9 Å². The molecule has 1 N–H and O–H groups in total. The summed E-state index contributed by atoms with van der Waals surface area (Å²) in [5.41, 5.74) is 2.48. The lowest BCUT2D eigenvalue weighted by molar-refractivity contribution is 0.191. The Bertz CT molecular complexity index is 1200. The van der Waals surface area contributed by atoms with Gasteiger partial charge in [-0.25, -0.2) is 0 Å². The maximum Gasteiger partial charge on any atom is 0.251 e. The Hall–Kier alpha value is -2.47. The van der Waals surface area contributed by atoms with Gasteiger partial charge in [-0.1, -0.05) is 24.3 Å². The van der Waals surface area contributed by atoms with Crippen LogP contribution in [0.15, 0.2) is 70.8 Å². The van der Waals surface area contributed by atoms with Crippen molar-refractivity contribution in [3.8, 4) is 0 Å². The number of rotatable bonds is 6. The van der Waals surface area contributed by atoms with Crippen molar-refractivity contribution in [2.75, 3.05) is 19.6 Å². The fourth-order valence-corrected chi connectivity index (χ4v) is 5.24.